The number of hydrogen-bond acceptors (Lipinski definition) is 5. The smallest absolute Gasteiger partial charge is 0.314 e. The van der Waals surface area contributed by atoms with Crippen molar-refractivity contribution < 1.29 is 9.66 Å². The maximum absolute atomic E-state index is 11.0. The molecule has 1 rings (SSSR count). The third kappa shape index (κ3) is 3.59. The van der Waals surface area contributed by atoms with Crippen molar-refractivity contribution in [3.8, 4) is 0 Å². The van der Waals surface area contributed by atoms with Gasteiger partial charge in [-0.25, -0.2) is 0 Å². The zero-order chi connectivity index (χ0) is 13.5. The first-order chi connectivity index (χ1) is 8.60. The highest BCUT2D eigenvalue weighted by Crippen LogP contribution is 2.31. The van der Waals surface area contributed by atoms with Crippen LogP contribution < -0.4 is 11.1 Å². The van der Waals surface area contributed by atoms with Crippen molar-refractivity contribution in [2.24, 2.45) is 0 Å². The predicted octanol–water partition coefficient (Wildman–Crippen LogP) is 2.40. The minimum absolute atomic E-state index is 0.0421. The van der Waals surface area contributed by atoms with Crippen LogP contribution in [0.5, 0.6) is 0 Å². The highest BCUT2D eigenvalue weighted by atomic mass is 16.6. The summed E-state index contributed by atoms with van der Waals surface area (Å²) in [5, 5.41) is 14.1. The van der Waals surface area contributed by atoms with E-state index >= 15 is 0 Å². The molecule has 0 spiro atoms. The van der Waals surface area contributed by atoms with Crippen molar-refractivity contribution in [1.82, 2.24) is 0 Å². The monoisotopic (exact) mass is 253 g/mol. The van der Waals surface area contributed by atoms with Crippen molar-refractivity contribution in [1.29, 1.82) is 0 Å². The van der Waals surface area contributed by atoms with E-state index in [1.54, 1.807) is 19.2 Å². The number of methoxy groups -OCH3 is 1. The fourth-order valence-corrected chi connectivity index (χ4v) is 1.85. The number of hydrogen-bond donors (Lipinski definition) is 2. The van der Waals surface area contributed by atoms with E-state index in [9.17, 15) is 10.1 Å². The summed E-state index contributed by atoms with van der Waals surface area (Å²) in [6.07, 6.45) is 1.84. The van der Waals surface area contributed by atoms with Gasteiger partial charge in [0.25, 0.3) is 0 Å². The minimum Gasteiger partial charge on any atom is -0.393 e. The van der Waals surface area contributed by atoms with Crippen molar-refractivity contribution in [3.63, 3.8) is 0 Å². The van der Waals surface area contributed by atoms with Gasteiger partial charge in [0.15, 0.2) is 0 Å². The molecule has 18 heavy (non-hydrogen) atoms. The van der Waals surface area contributed by atoms with E-state index in [1.807, 2.05) is 0 Å². The molecule has 6 nitrogen and oxygen atoms in total. The largest absolute Gasteiger partial charge is 0.393 e. The van der Waals surface area contributed by atoms with Crippen molar-refractivity contribution >= 4 is 17.1 Å². The van der Waals surface area contributed by atoms with E-state index in [4.69, 9.17) is 10.5 Å². The zero-order valence-electron chi connectivity index (χ0n) is 10.7. The maximum atomic E-state index is 11.0. The lowest BCUT2D eigenvalue weighted by Gasteiger charge is -2.18. The Morgan fingerprint density at radius 3 is 2.83 bits per heavy atom. The Morgan fingerprint density at radius 1 is 1.56 bits per heavy atom. The number of rotatable bonds is 7. The zero-order valence-corrected chi connectivity index (χ0v) is 10.7. The maximum Gasteiger partial charge on any atom is 0.314 e. The van der Waals surface area contributed by atoms with Gasteiger partial charge in [0.05, 0.1) is 11.5 Å². The molecule has 0 aliphatic rings. The Balaban J connectivity index is 2.94. The highest BCUT2D eigenvalue weighted by Gasteiger charge is 2.19. The van der Waals surface area contributed by atoms with Gasteiger partial charge in [-0.3, -0.25) is 10.1 Å². The number of nitrogens with two attached hydrogens (primary N) is 1. The molecule has 1 aromatic carbocycles. The summed E-state index contributed by atoms with van der Waals surface area (Å²) < 4.78 is 5.10. The molecule has 0 bridgehead atoms. The molecule has 1 unspecified atom stereocenters. The van der Waals surface area contributed by atoms with Gasteiger partial charge in [0, 0.05) is 13.2 Å². The fraction of sp³-hybridized carbons (Fsp3) is 0.500. The second kappa shape index (κ2) is 6.80. The van der Waals surface area contributed by atoms with Crippen LogP contribution in [-0.2, 0) is 4.74 Å². The van der Waals surface area contributed by atoms with Gasteiger partial charge in [-0.1, -0.05) is 19.4 Å². The summed E-state index contributed by atoms with van der Waals surface area (Å²) in [6.45, 7) is 2.55. The fourth-order valence-electron chi connectivity index (χ4n) is 1.85. The van der Waals surface area contributed by atoms with Gasteiger partial charge in [0.1, 0.15) is 11.4 Å². The van der Waals surface area contributed by atoms with Crippen molar-refractivity contribution in [3.05, 3.63) is 28.3 Å². The molecule has 0 aliphatic heterocycles. The number of nitrogens with one attached hydrogen (secondary N) is 1. The summed E-state index contributed by atoms with van der Waals surface area (Å²) in [6, 6.07) is 4.92. The van der Waals surface area contributed by atoms with Crippen molar-refractivity contribution in [2.45, 2.75) is 25.8 Å². The van der Waals surface area contributed by atoms with Crippen LogP contribution in [0.2, 0.25) is 0 Å². The van der Waals surface area contributed by atoms with E-state index in [0.29, 0.717) is 12.3 Å². The number of anilines is 2. The molecule has 100 valence electrons. The number of ether oxygens (including phenoxy) is 1. The third-order valence-electron chi connectivity index (χ3n) is 2.61. The van der Waals surface area contributed by atoms with Crippen LogP contribution in [0.1, 0.15) is 19.8 Å². The number of nitrogens with zero attached hydrogens (tertiary/aromatic N) is 1. The number of para-hydroxylation sites is 1. The summed E-state index contributed by atoms with van der Waals surface area (Å²) in [5.74, 6) is 0. The Morgan fingerprint density at radius 2 is 2.28 bits per heavy atom. The average molecular weight is 253 g/mol. The second-order valence-electron chi connectivity index (χ2n) is 4.09. The molecule has 0 aromatic heterocycles. The van der Waals surface area contributed by atoms with E-state index in [2.05, 4.69) is 12.2 Å². The van der Waals surface area contributed by atoms with Gasteiger partial charge < -0.3 is 15.8 Å². The first-order valence-corrected chi connectivity index (χ1v) is 5.88. The van der Waals surface area contributed by atoms with Crippen LogP contribution in [0.15, 0.2) is 18.2 Å². The lowest BCUT2D eigenvalue weighted by molar-refractivity contribution is -0.383. The van der Waals surface area contributed by atoms with E-state index < -0.39 is 4.92 Å². The van der Waals surface area contributed by atoms with Crippen LogP contribution in [0.4, 0.5) is 17.1 Å². The predicted molar refractivity (Wildman–Crippen MR) is 71.7 cm³/mol. The van der Waals surface area contributed by atoms with Gasteiger partial charge in [-0.2, -0.15) is 0 Å². The molecular weight excluding hydrogens is 234 g/mol. The number of nitro groups is 1. The molecule has 1 atom stereocenters. The Labute approximate surface area is 106 Å². The molecule has 0 radical (unpaired) electrons. The molecular formula is C12H19N3O3. The second-order valence-corrected chi connectivity index (χ2v) is 4.09. The molecule has 0 fully saturated rings. The van der Waals surface area contributed by atoms with Crippen LogP contribution in [0.25, 0.3) is 0 Å². The summed E-state index contributed by atoms with van der Waals surface area (Å²) >= 11 is 0. The lowest BCUT2D eigenvalue weighted by Crippen LogP contribution is -2.25. The van der Waals surface area contributed by atoms with Gasteiger partial charge >= 0.3 is 5.69 Å². The quantitative estimate of drug-likeness (QED) is 0.442. The molecule has 1 aromatic rings. The average Bonchev–Trinajstić information content (AvgIpc) is 2.29. The van der Waals surface area contributed by atoms with E-state index in [-0.39, 0.29) is 17.4 Å². The Bertz CT molecular complexity index is 404. The molecule has 0 saturated heterocycles. The molecule has 0 saturated carbocycles. The van der Waals surface area contributed by atoms with Crippen LogP contribution in [0.3, 0.4) is 0 Å². The topological polar surface area (TPSA) is 90.4 Å². The standard InChI is InChI=1S/C12H19N3O3/c1-3-5-9(8-18-2)14-11-7-4-6-10(13)12(11)15(16)17/h4,6-7,9,14H,3,5,8,13H2,1-2H3. The number of nitro benzene ring substituents is 1. The Hall–Kier alpha value is -1.82. The first kappa shape index (κ1) is 14.2. The number of benzene rings is 1. The van der Waals surface area contributed by atoms with Crippen LogP contribution >= 0.6 is 0 Å². The number of nitrogen functional groups attached to an aromatic ring is 1. The lowest BCUT2D eigenvalue weighted by atomic mass is 10.1. The van der Waals surface area contributed by atoms with Crippen molar-refractivity contribution in [2.75, 3.05) is 24.8 Å². The van der Waals surface area contributed by atoms with Crippen LogP contribution in [-0.4, -0.2) is 24.7 Å². The minimum atomic E-state index is -0.465. The van der Waals surface area contributed by atoms with E-state index in [0.717, 1.165) is 12.8 Å². The molecule has 6 heteroatoms. The molecule has 3 N–H and O–H groups in total. The van der Waals surface area contributed by atoms with E-state index in [1.165, 1.54) is 6.07 Å². The summed E-state index contributed by atoms with van der Waals surface area (Å²) in [4.78, 5) is 10.5. The van der Waals surface area contributed by atoms with Gasteiger partial charge in [0.2, 0.25) is 0 Å². The SMILES string of the molecule is CCCC(COC)Nc1cccc(N)c1[N+](=O)[O-]. The highest BCUT2D eigenvalue weighted by molar-refractivity contribution is 5.74. The summed E-state index contributed by atoms with van der Waals surface area (Å²) in [5.41, 5.74) is 6.16. The molecule has 0 aliphatic carbocycles. The van der Waals surface area contributed by atoms with Crippen LogP contribution in [0, 0.1) is 10.1 Å². The first-order valence-electron chi connectivity index (χ1n) is 5.88. The normalized spacial score (nSPS) is 12.1. The van der Waals surface area contributed by atoms with Gasteiger partial charge in [-0.15, -0.1) is 0 Å². The molecule has 0 heterocycles. The summed E-state index contributed by atoms with van der Waals surface area (Å²) in [7, 11) is 1.61. The molecule has 0 amide bonds. The van der Waals surface area contributed by atoms with Gasteiger partial charge in [-0.05, 0) is 18.6 Å². The Kier molecular flexibility index (Phi) is 5.38. The third-order valence-corrected chi connectivity index (χ3v) is 2.61.